The van der Waals surface area contributed by atoms with Gasteiger partial charge in [0.25, 0.3) is 0 Å². The zero-order valence-corrected chi connectivity index (χ0v) is 10.6. The number of anilines is 1. The molecule has 0 aliphatic carbocycles. The fourth-order valence-corrected chi connectivity index (χ4v) is 2.15. The highest BCUT2D eigenvalue weighted by atomic mass is 16.5. The molecule has 5 heteroatoms. The molecule has 0 unspecified atom stereocenters. The highest BCUT2D eigenvalue weighted by molar-refractivity contribution is 5.78. The minimum absolute atomic E-state index is 0.0350. The van der Waals surface area contributed by atoms with Gasteiger partial charge in [0.15, 0.2) is 0 Å². The molecule has 5 nitrogen and oxygen atoms in total. The number of nitrogen functional groups attached to an aromatic ring is 1. The molecule has 98 valence electrons. The van der Waals surface area contributed by atoms with Crippen LogP contribution in [0.5, 0.6) is 0 Å². The highest BCUT2D eigenvalue weighted by Crippen LogP contribution is 2.24. The molecule has 1 aliphatic heterocycles. The summed E-state index contributed by atoms with van der Waals surface area (Å²) in [5, 5.41) is 2.82. The Morgan fingerprint density at radius 1 is 1.44 bits per heavy atom. The third-order valence-corrected chi connectivity index (χ3v) is 3.01. The lowest BCUT2D eigenvalue weighted by atomic mass is 10.1. The number of nitrogens with one attached hydrogen (secondary N) is 1. The molecule has 1 aromatic carbocycles. The Morgan fingerprint density at radius 2 is 2.22 bits per heavy atom. The first-order valence-electron chi connectivity index (χ1n) is 6.04. The number of nitrogens with zero attached hydrogens (tertiary/aromatic N) is 1. The third kappa shape index (κ3) is 3.21. The van der Waals surface area contributed by atoms with Gasteiger partial charge in [0, 0.05) is 32.4 Å². The van der Waals surface area contributed by atoms with E-state index in [1.807, 2.05) is 18.2 Å². The van der Waals surface area contributed by atoms with Crippen molar-refractivity contribution >= 4 is 11.6 Å². The van der Waals surface area contributed by atoms with Gasteiger partial charge in [-0.3, -0.25) is 9.69 Å². The van der Waals surface area contributed by atoms with Crippen LogP contribution in [0.2, 0.25) is 0 Å². The molecule has 0 saturated heterocycles. The summed E-state index contributed by atoms with van der Waals surface area (Å²) >= 11 is 0. The zero-order chi connectivity index (χ0) is 13.0. The van der Waals surface area contributed by atoms with Gasteiger partial charge >= 0.3 is 0 Å². The Hall–Kier alpha value is -1.59. The van der Waals surface area contributed by atoms with Crippen LogP contribution >= 0.6 is 0 Å². The quantitative estimate of drug-likeness (QED) is 0.583. The van der Waals surface area contributed by atoms with Crippen LogP contribution in [0.25, 0.3) is 0 Å². The van der Waals surface area contributed by atoms with Crippen LogP contribution in [0.4, 0.5) is 5.69 Å². The number of rotatable bonds is 5. The summed E-state index contributed by atoms with van der Waals surface area (Å²) in [6.07, 6.45) is 0. The molecule has 0 spiro atoms. The van der Waals surface area contributed by atoms with Crippen LogP contribution in [0.3, 0.4) is 0 Å². The first-order chi connectivity index (χ1) is 8.69. The SMILES string of the molecule is COCCNC(=O)CN1Cc2ccc(N)cc2C1. The van der Waals surface area contributed by atoms with Gasteiger partial charge in [-0.15, -0.1) is 0 Å². The molecular formula is C13H19N3O2. The fraction of sp³-hybridized carbons (Fsp3) is 0.462. The Balaban J connectivity index is 1.82. The van der Waals surface area contributed by atoms with Crippen molar-refractivity contribution in [3.05, 3.63) is 29.3 Å². The minimum Gasteiger partial charge on any atom is -0.399 e. The van der Waals surface area contributed by atoms with Crippen molar-refractivity contribution in [1.82, 2.24) is 10.2 Å². The lowest BCUT2D eigenvalue weighted by Gasteiger charge is -2.14. The molecule has 0 aromatic heterocycles. The van der Waals surface area contributed by atoms with Gasteiger partial charge in [0.05, 0.1) is 13.2 Å². The number of carbonyl (C=O) groups excluding carboxylic acids is 1. The largest absolute Gasteiger partial charge is 0.399 e. The maximum atomic E-state index is 11.7. The van der Waals surface area contributed by atoms with Crippen LogP contribution in [-0.4, -0.2) is 37.6 Å². The van der Waals surface area contributed by atoms with Crippen LogP contribution in [0, 0.1) is 0 Å². The van der Waals surface area contributed by atoms with Gasteiger partial charge < -0.3 is 15.8 Å². The van der Waals surface area contributed by atoms with Crippen LogP contribution in [-0.2, 0) is 22.6 Å². The number of hydrogen-bond donors (Lipinski definition) is 2. The summed E-state index contributed by atoms with van der Waals surface area (Å²) in [5.74, 6) is 0.0350. The molecule has 0 fully saturated rings. The van der Waals surface area contributed by atoms with E-state index in [2.05, 4.69) is 10.2 Å². The second-order valence-electron chi connectivity index (χ2n) is 4.52. The van der Waals surface area contributed by atoms with E-state index in [9.17, 15) is 4.79 Å². The van der Waals surface area contributed by atoms with Crippen molar-refractivity contribution in [3.8, 4) is 0 Å². The van der Waals surface area contributed by atoms with E-state index < -0.39 is 0 Å². The first kappa shape index (κ1) is 12.9. The number of fused-ring (bicyclic) bond motifs is 1. The minimum atomic E-state index is 0.0350. The van der Waals surface area contributed by atoms with E-state index in [-0.39, 0.29) is 5.91 Å². The van der Waals surface area contributed by atoms with Gasteiger partial charge in [0.1, 0.15) is 0 Å². The number of hydrogen-bond acceptors (Lipinski definition) is 4. The van der Waals surface area contributed by atoms with Crippen molar-refractivity contribution in [1.29, 1.82) is 0 Å². The Morgan fingerprint density at radius 3 is 3.00 bits per heavy atom. The average molecular weight is 249 g/mol. The third-order valence-electron chi connectivity index (χ3n) is 3.01. The van der Waals surface area contributed by atoms with Gasteiger partial charge in [-0.1, -0.05) is 6.07 Å². The lowest BCUT2D eigenvalue weighted by molar-refractivity contribution is -0.122. The Bertz CT molecular complexity index is 434. The fourth-order valence-electron chi connectivity index (χ4n) is 2.15. The van der Waals surface area contributed by atoms with E-state index >= 15 is 0 Å². The lowest BCUT2D eigenvalue weighted by Crippen LogP contribution is -2.36. The second kappa shape index (κ2) is 5.84. The number of ether oxygens (including phenoxy) is 1. The van der Waals surface area contributed by atoms with E-state index in [0.717, 1.165) is 18.8 Å². The molecule has 0 radical (unpaired) electrons. The Kier molecular flexibility index (Phi) is 4.17. The molecule has 1 aromatic rings. The van der Waals surface area contributed by atoms with Crippen LogP contribution in [0.15, 0.2) is 18.2 Å². The predicted octanol–water partition coefficient (Wildman–Crippen LogP) is 0.347. The first-order valence-corrected chi connectivity index (χ1v) is 6.04. The molecule has 1 heterocycles. The van der Waals surface area contributed by atoms with E-state index in [4.69, 9.17) is 10.5 Å². The Labute approximate surface area is 107 Å². The summed E-state index contributed by atoms with van der Waals surface area (Å²) < 4.78 is 4.88. The summed E-state index contributed by atoms with van der Waals surface area (Å²) in [7, 11) is 1.62. The summed E-state index contributed by atoms with van der Waals surface area (Å²) in [4.78, 5) is 13.8. The molecular weight excluding hydrogens is 230 g/mol. The van der Waals surface area contributed by atoms with Gasteiger partial charge in [0.2, 0.25) is 5.91 Å². The molecule has 1 aliphatic rings. The molecule has 1 amide bonds. The van der Waals surface area contributed by atoms with Crippen molar-refractivity contribution in [2.24, 2.45) is 0 Å². The zero-order valence-electron chi connectivity index (χ0n) is 10.6. The monoisotopic (exact) mass is 249 g/mol. The van der Waals surface area contributed by atoms with E-state index in [0.29, 0.717) is 19.7 Å². The van der Waals surface area contributed by atoms with Crippen LogP contribution < -0.4 is 11.1 Å². The van der Waals surface area contributed by atoms with Gasteiger partial charge in [-0.25, -0.2) is 0 Å². The molecule has 3 N–H and O–H groups in total. The molecule has 0 bridgehead atoms. The van der Waals surface area contributed by atoms with Gasteiger partial charge in [-0.2, -0.15) is 0 Å². The average Bonchev–Trinajstić information content (AvgIpc) is 2.70. The normalized spacial score (nSPS) is 14.5. The van der Waals surface area contributed by atoms with Crippen LogP contribution in [0.1, 0.15) is 11.1 Å². The number of benzene rings is 1. The molecule has 18 heavy (non-hydrogen) atoms. The second-order valence-corrected chi connectivity index (χ2v) is 4.52. The maximum Gasteiger partial charge on any atom is 0.234 e. The van der Waals surface area contributed by atoms with E-state index in [1.54, 1.807) is 7.11 Å². The number of nitrogens with two attached hydrogens (primary N) is 1. The standard InChI is InChI=1S/C13H19N3O2/c1-18-5-4-15-13(17)9-16-7-10-2-3-12(14)6-11(10)8-16/h2-3,6H,4-5,7-9,14H2,1H3,(H,15,17). The van der Waals surface area contributed by atoms with Crippen molar-refractivity contribution < 1.29 is 9.53 Å². The summed E-state index contributed by atoms with van der Waals surface area (Å²) in [6, 6.07) is 5.92. The predicted molar refractivity (Wildman–Crippen MR) is 69.9 cm³/mol. The number of amides is 1. The van der Waals surface area contributed by atoms with Crippen molar-refractivity contribution in [3.63, 3.8) is 0 Å². The summed E-state index contributed by atoms with van der Waals surface area (Å²) in [6.45, 7) is 3.12. The molecule has 0 saturated carbocycles. The number of methoxy groups -OCH3 is 1. The smallest absolute Gasteiger partial charge is 0.234 e. The molecule has 0 atom stereocenters. The maximum absolute atomic E-state index is 11.7. The molecule has 2 rings (SSSR count). The highest BCUT2D eigenvalue weighted by Gasteiger charge is 2.20. The van der Waals surface area contributed by atoms with Crippen molar-refractivity contribution in [2.75, 3.05) is 32.5 Å². The summed E-state index contributed by atoms with van der Waals surface area (Å²) in [5.41, 5.74) is 9.00. The number of carbonyl (C=O) groups is 1. The topological polar surface area (TPSA) is 67.6 Å². The van der Waals surface area contributed by atoms with E-state index in [1.165, 1.54) is 11.1 Å². The van der Waals surface area contributed by atoms with Crippen molar-refractivity contribution in [2.45, 2.75) is 13.1 Å². The van der Waals surface area contributed by atoms with Gasteiger partial charge in [-0.05, 0) is 23.3 Å².